The van der Waals surface area contributed by atoms with Gasteiger partial charge in [0.1, 0.15) is 0 Å². The molecule has 1 saturated carbocycles. The maximum atomic E-state index is 14.1. The van der Waals surface area contributed by atoms with Gasteiger partial charge in [-0.1, -0.05) is 38.8 Å². The van der Waals surface area contributed by atoms with Gasteiger partial charge in [0.15, 0.2) is 5.78 Å². The molecule has 2 heterocycles. The molecule has 2 aromatic rings. The molecule has 0 bridgehead atoms. The van der Waals surface area contributed by atoms with E-state index >= 15 is 0 Å². The zero-order chi connectivity index (χ0) is 25.0. The Morgan fingerprint density at radius 2 is 1.69 bits per heavy atom. The number of aromatic nitrogens is 1. The Labute approximate surface area is 204 Å². The molecule has 1 aromatic heterocycles. The average Bonchev–Trinajstić information content (AvgIpc) is 3.50. The van der Waals surface area contributed by atoms with E-state index in [0.717, 1.165) is 92.8 Å². The molecule has 188 valence electrons. The summed E-state index contributed by atoms with van der Waals surface area (Å²) in [5.74, 6) is -0.146. The first kappa shape index (κ1) is 24.3. The van der Waals surface area contributed by atoms with Crippen molar-refractivity contribution in [1.82, 2.24) is 4.98 Å². The maximum Gasteiger partial charge on any atom is 0.416 e. The number of nitrogens with zero attached hydrogens (tertiary/aromatic N) is 2. The molecule has 5 rings (SSSR count). The summed E-state index contributed by atoms with van der Waals surface area (Å²) in [6, 6.07) is 4.50. The topological polar surface area (TPSA) is 53.4 Å². The number of alkyl halides is 3. The molecule has 35 heavy (non-hydrogen) atoms. The lowest BCUT2D eigenvalue weighted by molar-refractivity contribution is -0.137. The molecule has 0 amide bonds. The smallest absolute Gasteiger partial charge is 0.388 e. The van der Waals surface area contributed by atoms with Gasteiger partial charge in [-0.05, 0) is 56.1 Å². The van der Waals surface area contributed by atoms with Crippen molar-refractivity contribution in [3.05, 3.63) is 57.9 Å². The second-order valence-electron chi connectivity index (χ2n) is 11.2. The summed E-state index contributed by atoms with van der Waals surface area (Å²) in [5.41, 5.74) is 3.03. The number of anilines is 1. The summed E-state index contributed by atoms with van der Waals surface area (Å²) < 4.78 is 39.4. The molecule has 1 saturated heterocycles. The lowest BCUT2D eigenvalue weighted by Crippen LogP contribution is -2.32. The molecule has 1 atom stereocenters. The fourth-order valence-electron chi connectivity index (χ4n) is 6.23. The van der Waals surface area contributed by atoms with Gasteiger partial charge < -0.3 is 10.0 Å². The number of benzene rings is 1. The third-order valence-electron chi connectivity index (χ3n) is 7.91. The van der Waals surface area contributed by atoms with Crippen molar-refractivity contribution in [2.75, 3.05) is 18.0 Å². The monoisotopic (exact) mass is 486 g/mol. The van der Waals surface area contributed by atoms with E-state index in [-0.39, 0.29) is 22.7 Å². The largest absolute Gasteiger partial charge is 0.416 e. The SMILES string of the molecule is CC1(C)Cc2nc(C3CCCC3)c(C(=O)c3ccc(C(F)(F)F)cc3)c(N3CCCC3)c2[C@@H](O)C1. The second-order valence-corrected chi connectivity index (χ2v) is 11.2. The van der Waals surface area contributed by atoms with E-state index in [0.29, 0.717) is 12.0 Å². The predicted octanol–water partition coefficient (Wildman–Crippen LogP) is 6.60. The summed E-state index contributed by atoms with van der Waals surface area (Å²) in [5, 5.41) is 11.3. The Bertz CT molecular complexity index is 1110. The molecule has 1 aliphatic heterocycles. The molecule has 7 heteroatoms. The third kappa shape index (κ3) is 4.59. The van der Waals surface area contributed by atoms with Crippen molar-refractivity contribution in [2.45, 2.75) is 83.4 Å². The van der Waals surface area contributed by atoms with Gasteiger partial charge in [0.25, 0.3) is 0 Å². The number of rotatable bonds is 4. The van der Waals surface area contributed by atoms with Crippen LogP contribution in [0.2, 0.25) is 0 Å². The standard InChI is InChI=1S/C28H33F3N2O2/c1-27(2)15-20-22(21(34)16-27)25(33-13-5-6-14-33)23(24(32-20)17-7-3-4-8-17)26(35)18-9-11-19(12-10-18)28(29,30)31/h9-12,17,21,34H,3-8,13-16H2,1-2H3/t21-/m0/s1. The first-order valence-electron chi connectivity index (χ1n) is 12.8. The first-order valence-corrected chi connectivity index (χ1v) is 12.8. The highest BCUT2D eigenvalue weighted by atomic mass is 19.4. The highest BCUT2D eigenvalue weighted by Gasteiger charge is 2.40. The van der Waals surface area contributed by atoms with Gasteiger partial charge in [0.05, 0.1) is 28.6 Å². The summed E-state index contributed by atoms with van der Waals surface area (Å²) in [7, 11) is 0. The van der Waals surface area contributed by atoms with Crippen LogP contribution in [0.5, 0.6) is 0 Å². The van der Waals surface area contributed by atoms with E-state index in [1.807, 2.05) is 0 Å². The lowest BCUT2D eigenvalue weighted by atomic mass is 9.73. The van der Waals surface area contributed by atoms with Crippen LogP contribution in [0.25, 0.3) is 0 Å². The number of ketones is 1. The Kier molecular flexibility index (Phi) is 6.19. The number of hydrogen-bond donors (Lipinski definition) is 1. The third-order valence-corrected chi connectivity index (χ3v) is 7.91. The van der Waals surface area contributed by atoms with E-state index in [9.17, 15) is 23.1 Å². The van der Waals surface area contributed by atoms with Gasteiger partial charge in [-0.25, -0.2) is 0 Å². The minimum atomic E-state index is -4.46. The van der Waals surface area contributed by atoms with Crippen LogP contribution < -0.4 is 4.90 Å². The van der Waals surface area contributed by atoms with Gasteiger partial charge in [-0.15, -0.1) is 0 Å². The molecular weight excluding hydrogens is 453 g/mol. The average molecular weight is 487 g/mol. The van der Waals surface area contributed by atoms with Crippen molar-refractivity contribution in [1.29, 1.82) is 0 Å². The molecular formula is C28H33F3N2O2. The zero-order valence-electron chi connectivity index (χ0n) is 20.4. The number of aliphatic hydroxyl groups excluding tert-OH is 1. The molecule has 4 nitrogen and oxygen atoms in total. The van der Waals surface area contributed by atoms with Crippen LogP contribution in [0.4, 0.5) is 18.9 Å². The van der Waals surface area contributed by atoms with Crippen LogP contribution in [-0.2, 0) is 12.6 Å². The van der Waals surface area contributed by atoms with E-state index in [1.54, 1.807) is 0 Å². The molecule has 3 aliphatic rings. The highest BCUT2D eigenvalue weighted by molar-refractivity contribution is 6.14. The zero-order valence-corrected chi connectivity index (χ0v) is 20.4. The number of aliphatic hydroxyl groups is 1. The Hall–Kier alpha value is -2.41. The maximum absolute atomic E-state index is 14.1. The van der Waals surface area contributed by atoms with Crippen molar-refractivity contribution in [2.24, 2.45) is 5.41 Å². The van der Waals surface area contributed by atoms with Crippen molar-refractivity contribution in [3.8, 4) is 0 Å². The van der Waals surface area contributed by atoms with Gasteiger partial charge in [0.2, 0.25) is 0 Å². The highest BCUT2D eigenvalue weighted by Crippen LogP contribution is 2.49. The van der Waals surface area contributed by atoms with Gasteiger partial charge in [-0.3, -0.25) is 9.78 Å². The fraction of sp³-hybridized carbons (Fsp3) is 0.571. The number of halogens is 3. The van der Waals surface area contributed by atoms with E-state index in [4.69, 9.17) is 4.98 Å². The van der Waals surface area contributed by atoms with Crippen LogP contribution in [0, 0.1) is 5.41 Å². The second kappa shape index (κ2) is 8.91. The predicted molar refractivity (Wildman–Crippen MR) is 129 cm³/mol. The van der Waals surface area contributed by atoms with Crippen LogP contribution >= 0.6 is 0 Å². The molecule has 1 aromatic carbocycles. The molecule has 1 N–H and O–H groups in total. The number of pyridine rings is 1. The number of fused-ring (bicyclic) bond motifs is 1. The van der Waals surface area contributed by atoms with Crippen molar-refractivity contribution >= 4 is 11.5 Å². The molecule has 0 spiro atoms. The van der Waals surface area contributed by atoms with E-state index < -0.39 is 17.8 Å². The van der Waals surface area contributed by atoms with Crippen LogP contribution in [0.15, 0.2) is 24.3 Å². The quantitative estimate of drug-likeness (QED) is 0.495. The van der Waals surface area contributed by atoms with Crippen molar-refractivity contribution < 1.29 is 23.1 Å². The summed E-state index contributed by atoms with van der Waals surface area (Å²) >= 11 is 0. The van der Waals surface area contributed by atoms with E-state index in [1.165, 1.54) is 12.1 Å². The molecule has 2 aliphatic carbocycles. The normalized spacial score (nSPS) is 22.5. The minimum absolute atomic E-state index is 0.104. The molecule has 2 fully saturated rings. The summed E-state index contributed by atoms with van der Waals surface area (Å²) in [4.78, 5) is 21.3. The molecule has 0 radical (unpaired) electrons. The van der Waals surface area contributed by atoms with Crippen LogP contribution in [-0.4, -0.2) is 29.0 Å². The Morgan fingerprint density at radius 3 is 2.29 bits per heavy atom. The van der Waals surface area contributed by atoms with Gasteiger partial charge in [0, 0.05) is 35.8 Å². The fourth-order valence-corrected chi connectivity index (χ4v) is 6.23. The van der Waals surface area contributed by atoms with E-state index in [2.05, 4.69) is 18.7 Å². The molecule has 0 unspecified atom stereocenters. The van der Waals surface area contributed by atoms with Gasteiger partial charge in [-0.2, -0.15) is 13.2 Å². The number of hydrogen-bond acceptors (Lipinski definition) is 4. The summed E-state index contributed by atoms with van der Waals surface area (Å²) in [6.45, 7) is 5.85. The first-order chi connectivity index (χ1) is 16.5. The van der Waals surface area contributed by atoms with Crippen LogP contribution in [0.3, 0.4) is 0 Å². The summed E-state index contributed by atoms with van der Waals surface area (Å²) in [6.07, 6.45) is 2.18. The number of carbonyl (C=O) groups is 1. The number of carbonyl (C=O) groups excluding carboxylic acids is 1. The Balaban J connectivity index is 1.72. The minimum Gasteiger partial charge on any atom is -0.388 e. The van der Waals surface area contributed by atoms with Crippen molar-refractivity contribution in [3.63, 3.8) is 0 Å². The van der Waals surface area contributed by atoms with Crippen LogP contribution in [0.1, 0.15) is 109 Å². The van der Waals surface area contributed by atoms with Gasteiger partial charge >= 0.3 is 6.18 Å². The lowest BCUT2D eigenvalue weighted by Gasteiger charge is -2.38. The Morgan fingerprint density at radius 1 is 1.06 bits per heavy atom.